The molecule has 4 nitrogen and oxygen atoms in total. The summed E-state index contributed by atoms with van der Waals surface area (Å²) < 4.78 is 6.36. The maximum absolute atomic E-state index is 11.8. The number of benzene rings is 1. The van der Waals surface area contributed by atoms with Crippen molar-refractivity contribution < 1.29 is 14.6 Å². The molecular weight excluding hydrogens is 322 g/mol. The molecule has 0 spiro atoms. The number of nitrogens with one attached hydrogen (secondary N) is 1. The van der Waals surface area contributed by atoms with Crippen molar-refractivity contribution in [3.05, 3.63) is 28.2 Å². The van der Waals surface area contributed by atoms with E-state index in [2.05, 4.69) is 21.2 Å². The van der Waals surface area contributed by atoms with Gasteiger partial charge in [0.25, 0.3) is 5.91 Å². The van der Waals surface area contributed by atoms with Gasteiger partial charge >= 0.3 is 0 Å². The Kier molecular flexibility index (Phi) is 6.49. The van der Waals surface area contributed by atoms with Crippen molar-refractivity contribution in [3.63, 3.8) is 0 Å². The standard InChI is InChI=1S/C15H22BrNO3/c1-9(2)10(3)17-15(19)8-20-14-6-5-12(16)7-13(14)11(4)18/h5-7,9-11,18H,8H2,1-4H3,(H,17,19). The molecule has 0 aromatic heterocycles. The van der Waals surface area contributed by atoms with Crippen molar-refractivity contribution >= 4 is 21.8 Å². The Morgan fingerprint density at radius 2 is 2.00 bits per heavy atom. The van der Waals surface area contributed by atoms with Gasteiger partial charge in [0.15, 0.2) is 6.61 Å². The summed E-state index contributed by atoms with van der Waals surface area (Å²) in [4.78, 5) is 11.8. The first-order valence-corrected chi connectivity index (χ1v) is 7.50. The summed E-state index contributed by atoms with van der Waals surface area (Å²) in [6, 6.07) is 5.45. The average Bonchev–Trinajstić information content (AvgIpc) is 2.36. The van der Waals surface area contributed by atoms with Gasteiger partial charge in [-0.3, -0.25) is 4.79 Å². The Morgan fingerprint density at radius 1 is 1.35 bits per heavy atom. The third-order valence-electron chi connectivity index (χ3n) is 3.17. The summed E-state index contributed by atoms with van der Waals surface area (Å²) in [5, 5.41) is 12.6. The first kappa shape index (κ1) is 17.0. The maximum Gasteiger partial charge on any atom is 0.258 e. The zero-order valence-electron chi connectivity index (χ0n) is 12.3. The molecule has 2 unspecified atom stereocenters. The fourth-order valence-electron chi connectivity index (χ4n) is 1.58. The van der Waals surface area contributed by atoms with E-state index in [1.807, 2.05) is 26.8 Å². The van der Waals surface area contributed by atoms with Gasteiger partial charge in [0.1, 0.15) is 5.75 Å². The lowest BCUT2D eigenvalue weighted by Gasteiger charge is -2.18. The van der Waals surface area contributed by atoms with Crippen LogP contribution in [0.2, 0.25) is 0 Å². The van der Waals surface area contributed by atoms with Crippen LogP contribution in [0, 0.1) is 5.92 Å². The smallest absolute Gasteiger partial charge is 0.258 e. The molecule has 1 rings (SSSR count). The number of hydrogen-bond donors (Lipinski definition) is 2. The molecule has 5 heteroatoms. The molecule has 1 amide bonds. The second kappa shape index (κ2) is 7.64. The summed E-state index contributed by atoms with van der Waals surface area (Å²) in [5.74, 6) is 0.737. The van der Waals surface area contributed by atoms with Gasteiger partial charge in [-0.1, -0.05) is 29.8 Å². The first-order valence-electron chi connectivity index (χ1n) is 6.71. The van der Waals surface area contributed by atoms with Crippen LogP contribution in [-0.2, 0) is 4.79 Å². The van der Waals surface area contributed by atoms with E-state index in [9.17, 15) is 9.90 Å². The van der Waals surface area contributed by atoms with E-state index in [0.29, 0.717) is 17.2 Å². The largest absolute Gasteiger partial charge is 0.483 e. The van der Waals surface area contributed by atoms with Crippen LogP contribution in [0.25, 0.3) is 0 Å². The molecular formula is C15H22BrNO3. The van der Waals surface area contributed by atoms with Gasteiger partial charge in [0.05, 0.1) is 6.10 Å². The number of halogens is 1. The normalized spacial score (nSPS) is 13.9. The Labute approximate surface area is 128 Å². The van der Waals surface area contributed by atoms with E-state index in [1.165, 1.54) is 0 Å². The molecule has 1 aromatic carbocycles. The van der Waals surface area contributed by atoms with Gasteiger partial charge < -0.3 is 15.2 Å². The fraction of sp³-hybridized carbons (Fsp3) is 0.533. The molecule has 0 saturated heterocycles. The Balaban J connectivity index is 2.64. The van der Waals surface area contributed by atoms with Crippen LogP contribution >= 0.6 is 15.9 Å². The molecule has 0 aliphatic carbocycles. The van der Waals surface area contributed by atoms with Crippen molar-refractivity contribution in [1.82, 2.24) is 5.32 Å². The van der Waals surface area contributed by atoms with Crippen molar-refractivity contribution in [2.75, 3.05) is 6.61 Å². The summed E-state index contributed by atoms with van der Waals surface area (Å²) in [6.07, 6.45) is -0.653. The number of carbonyl (C=O) groups excluding carboxylic acids is 1. The van der Waals surface area contributed by atoms with E-state index in [0.717, 1.165) is 4.47 Å². The molecule has 0 bridgehead atoms. The van der Waals surface area contributed by atoms with E-state index < -0.39 is 6.10 Å². The molecule has 20 heavy (non-hydrogen) atoms. The summed E-state index contributed by atoms with van der Waals surface area (Å²) >= 11 is 3.35. The zero-order chi connectivity index (χ0) is 15.3. The minimum Gasteiger partial charge on any atom is -0.483 e. The third-order valence-corrected chi connectivity index (χ3v) is 3.66. The zero-order valence-corrected chi connectivity index (χ0v) is 13.9. The van der Waals surface area contributed by atoms with Crippen LogP contribution in [0.4, 0.5) is 0 Å². The third kappa shape index (κ3) is 5.13. The highest BCUT2D eigenvalue weighted by molar-refractivity contribution is 9.10. The van der Waals surface area contributed by atoms with Gasteiger partial charge in [-0.25, -0.2) is 0 Å². The van der Waals surface area contributed by atoms with Crippen LogP contribution < -0.4 is 10.1 Å². The predicted molar refractivity (Wildman–Crippen MR) is 82.7 cm³/mol. The van der Waals surface area contributed by atoms with E-state index in [1.54, 1.807) is 19.1 Å². The molecule has 2 atom stereocenters. The van der Waals surface area contributed by atoms with Gasteiger partial charge in [-0.15, -0.1) is 0 Å². The molecule has 0 heterocycles. The van der Waals surface area contributed by atoms with E-state index in [4.69, 9.17) is 4.74 Å². The lowest BCUT2D eigenvalue weighted by atomic mass is 10.1. The number of ether oxygens (including phenoxy) is 1. The van der Waals surface area contributed by atoms with Crippen molar-refractivity contribution in [3.8, 4) is 5.75 Å². The van der Waals surface area contributed by atoms with Gasteiger partial charge in [0.2, 0.25) is 0 Å². The van der Waals surface area contributed by atoms with Crippen LogP contribution in [0.1, 0.15) is 39.4 Å². The molecule has 0 radical (unpaired) electrons. The second-order valence-electron chi connectivity index (χ2n) is 5.25. The molecule has 1 aromatic rings. The quantitative estimate of drug-likeness (QED) is 0.834. The maximum atomic E-state index is 11.8. The Bertz CT molecular complexity index is 460. The molecule has 0 saturated carbocycles. The lowest BCUT2D eigenvalue weighted by Crippen LogP contribution is -2.39. The minimum atomic E-state index is -0.653. The SMILES string of the molecule is CC(O)c1cc(Br)ccc1OCC(=O)NC(C)C(C)C. The molecule has 0 aliphatic rings. The summed E-state index contributed by atoms with van der Waals surface area (Å²) in [5.41, 5.74) is 0.657. The number of amides is 1. The van der Waals surface area contributed by atoms with Gasteiger partial charge in [-0.2, -0.15) is 0 Å². The van der Waals surface area contributed by atoms with Crippen LogP contribution in [0.3, 0.4) is 0 Å². The predicted octanol–water partition coefficient (Wildman–Crippen LogP) is 3.04. The first-order chi connectivity index (χ1) is 9.31. The number of aliphatic hydroxyl groups excluding tert-OH is 1. The highest BCUT2D eigenvalue weighted by Gasteiger charge is 2.14. The van der Waals surface area contributed by atoms with Crippen LogP contribution in [-0.4, -0.2) is 23.7 Å². The molecule has 2 N–H and O–H groups in total. The molecule has 112 valence electrons. The van der Waals surface area contributed by atoms with E-state index >= 15 is 0 Å². The second-order valence-corrected chi connectivity index (χ2v) is 6.16. The topological polar surface area (TPSA) is 58.6 Å². The lowest BCUT2D eigenvalue weighted by molar-refractivity contribution is -0.124. The minimum absolute atomic E-state index is 0.0571. The Hall–Kier alpha value is -1.07. The van der Waals surface area contributed by atoms with Gasteiger partial charge in [0, 0.05) is 16.1 Å². The molecule has 0 fully saturated rings. The number of rotatable bonds is 6. The molecule has 0 aliphatic heterocycles. The van der Waals surface area contributed by atoms with Crippen molar-refractivity contribution in [2.45, 2.75) is 39.8 Å². The number of aliphatic hydroxyl groups is 1. The average molecular weight is 344 g/mol. The summed E-state index contributed by atoms with van der Waals surface area (Å²) in [7, 11) is 0. The van der Waals surface area contributed by atoms with Crippen LogP contribution in [0.5, 0.6) is 5.75 Å². The Morgan fingerprint density at radius 3 is 2.55 bits per heavy atom. The fourth-order valence-corrected chi connectivity index (χ4v) is 1.96. The van der Waals surface area contributed by atoms with E-state index in [-0.39, 0.29) is 18.6 Å². The van der Waals surface area contributed by atoms with Crippen LogP contribution in [0.15, 0.2) is 22.7 Å². The highest BCUT2D eigenvalue weighted by atomic mass is 79.9. The van der Waals surface area contributed by atoms with Gasteiger partial charge in [-0.05, 0) is 38.0 Å². The number of hydrogen-bond acceptors (Lipinski definition) is 3. The summed E-state index contributed by atoms with van der Waals surface area (Å²) in [6.45, 7) is 7.66. The monoisotopic (exact) mass is 343 g/mol. The highest BCUT2D eigenvalue weighted by Crippen LogP contribution is 2.28. The van der Waals surface area contributed by atoms with Crippen molar-refractivity contribution in [1.29, 1.82) is 0 Å². The number of carbonyl (C=O) groups is 1. The van der Waals surface area contributed by atoms with Crippen molar-refractivity contribution in [2.24, 2.45) is 5.92 Å².